The largest absolute Gasteiger partial charge is 0.317 e. The van der Waals surface area contributed by atoms with Crippen molar-refractivity contribution in [2.24, 2.45) is 0 Å². The van der Waals surface area contributed by atoms with E-state index in [1.807, 2.05) is 23.6 Å². The van der Waals surface area contributed by atoms with Gasteiger partial charge in [-0.3, -0.25) is 4.79 Å². The van der Waals surface area contributed by atoms with E-state index in [0.29, 0.717) is 6.42 Å². The first-order valence-electron chi connectivity index (χ1n) is 6.19. The Morgan fingerprint density at radius 1 is 1.22 bits per heavy atom. The smallest absolute Gasteiger partial charge is 0.225 e. The van der Waals surface area contributed by atoms with Crippen LogP contribution in [0.5, 0.6) is 0 Å². The van der Waals surface area contributed by atoms with Crippen LogP contribution in [0.2, 0.25) is 0 Å². The molecule has 0 spiro atoms. The third-order valence-electron chi connectivity index (χ3n) is 2.86. The van der Waals surface area contributed by atoms with Crippen LogP contribution in [0.4, 0.5) is 5.00 Å². The zero-order chi connectivity index (χ0) is 12.8. The Hall–Kier alpha value is -1.61. The van der Waals surface area contributed by atoms with Gasteiger partial charge in [-0.2, -0.15) is 0 Å². The Labute approximate surface area is 112 Å². The minimum absolute atomic E-state index is 0.0935. The molecule has 0 atom stereocenters. The molecule has 0 aliphatic rings. The highest BCUT2D eigenvalue weighted by Gasteiger charge is 2.07. The second-order valence-corrected chi connectivity index (χ2v) is 5.08. The van der Waals surface area contributed by atoms with E-state index >= 15 is 0 Å². The lowest BCUT2D eigenvalue weighted by molar-refractivity contribution is -0.116. The van der Waals surface area contributed by atoms with Crippen LogP contribution in [-0.4, -0.2) is 5.91 Å². The van der Waals surface area contributed by atoms with Crippen molar-refractivity contribution < 1.29 is 4.79 Å². The van der Waals surface area contributed by atoms with Gasteiger partial charge >= 0.3 is 0 Å². The Morgan fingerprint density at radius 2 is 2.00 bits per heavy atom. The van der Waals surface area contributed by atoms with Gasteiger partial charge in [-0.25, -0.2) is 0 Å². The normalized spacial score (nSPS) is 10.3. The second-order valence-electron chi connectivity index (χ2n) is 4.16. The number of amides is 1. The molecule has 1 N–H and O–H groups in total. The van der Waals surface area contributed by atoms with Crippen molar-refractivity contribution in [1.29, 1.82) is 0 Å². The fourth-order valence-electron chi connectivity index (χ4n) is 1.82. The minimum Gasteiger partial charge on any atom is -0.317 e. The van der Waals surface area contributed by atoms with E-state index in [9.17, 15) is 4.79 Å². The maximum atomic E-state index is 11.8. The van der Waals surface area contributed by atoms with Crippen molar-refractivity contribution in [3.63, 3.8) is 0 Å². The summed E-state index contributed by atoms with van der Waals surface area (Å²) in [5.74, 6) is 0.0935. The van der Waals surface area contributed by atoms with E-state index in [2.05, 4.69) is 30.4 Å². The van der Waals surface area contributed by atoms with Crippen molar-refractivity contribution >= 4 is 22.2 Å². The lowest BCUT2D eigenvalue weighted by atomic mass is 10.1. The predicted octanol–water partition coefficient (Wildman–Crippen LogP) is 3.88. The molecule has 0 radical (unpaired) electrons. The van der Waals surface area contributed by atoms with Gasteiger partial charge in [0.2, 0.25) is 5.91 Å². The molecule has 2 nitrogen and oxygen atoms in total. The van der Waals surface area contributed by atoms with Gasteiger partial charge in [-0.1, -0.05) is 37.3 Å². The molecule has 0 fully saturated rings. The average molecular weight is 259 g/mol. The molecular weight excluding hydrogens is 242 g/mol. The molecule has 2 rings (SSSR count). The van der Waals surface area contributed by atoms with E-state index in [-0.39, 0.29) is 5.91 Å². The molecule has 1 amide bonds. The number of aryl methyl sites for hydroxylation is 2. The molecule has 2 aromatic rings. The van der Waals surface area contributed by atoms with Crippen LogP contribution >= 0.6 is 11.3 Å². The van der Waals surface area contributed by atoms with Gasteiger partial charge in [0.15, 0.2) is 0 Å². The monoisotopic (exact) mass is 259 g/mol. The summed E-state index contributed by atoms with van der Waals surface area (Å²) >= 11 is 1.59. The molecule has 0 aliphatic heterocycles. The highest BCUT2D eigenvalue weighted by atomic mass is 32.1. The van der Waals surface area contributed by atoms with Gasteiger partial charge in [0.25, 0.3) is 0 Å². The van der Waals surface area contributed by atoms with Crippen LogP contribution in [0.25, 0.3) is 0 Å². The molecule has 0 bridgehead atoms. The highest BCUT2D eigenvalue weighted by molar-refractivity contribution is 7.14. The maximum Gasteiger partial charge on any atom is 0.225 e. The summed E-state index contributed by atoms with van der Waals surface area (Å²) in [4.78, 5) is 11.8. The van der Waals surface area contributed by atoms with Gasteiger partial charge in [0.1, 0.15) is 0 Å². The molecule has 3 heteroatoms. The summed E-state index contributed by atoms with van der Waals surface area (Å²) in [5, 5.41) is 6.01. The Morgan fingerprint density at radius 3 is 2.72 bits per heavy atom. The summed E-state index contributed by atoms with van der Waals surface area (Å²) in [7, 11) is 0. The number of rotatable bonds is 5. The molecule has 0 aliphatic carbocycles. The Kier molecular flexibility index (Phi) is 4.53. The van der Waals surface area contributed by atoms with E-state index in [1.54, 1.807) is 11.3 Å². The first-order chi connectivity index (χ1) is 8.79. The predicted molar refractivity (Wildman–Crippen MR) is 77.1 cm³/mol. The lowest BCUT2D eigenvalue weighted by Gasteiger charge is -2.05. The molecule has 1 aromatic carbocycles. The molecule has 1 aromatic heterocycles. The lowest BCUT2D eigenvalue weighted by Crippen LogP contribution is -2.12. The molecular formula is C15H17NOS. The molecule has 0 unspecified atom stereocenters. The quantitative estimate of drug-likeness (QED) is 0.867. The van der Waals surface area contributed by atoms with Gasteiger partial charge < -0.3 is 5.32 Å². The number of benzene rings is 1. The summed E-state index contributed by atoms with van der Waals surface area (Å²) in [5.41, 5.74) is 2.42. The van der Waals surface area contributed by atoms with Gasteiger partial charge in [-0.15, -0.1) is 11.3 Å². The van der Waals surface area contributed by atoms with E-state index < -0.39 is 0 Å². The zero-order valence-electron chi connectivity index (χ0n) is 10.5. The van der Waals surface area contributed by atoms with Crippen molar-refractivity contribution in [2.75, 3.05) is 5.32 Å². The van der Waals surface area contributed by atoms with E-state index in [4.69, 9.17) is 0 Å². The number of anilines is 1. The van der Waals surface area contributed by atoms with Crippen molar-refractivity contribution in [2.45, 2.75) is 26.2 Å². The van der Waals surface area contributed by atoms with Crippen LogP contribution < -0.4 is 5.32 Å². The van der Waals surface area contributed by atoms with Crippen LogP contribution in [0.3, 0.4) is 0 Å². The van der Waals surface area contributed by atoms with Gasteiger partial charge in [0.05, 0.1) is 5.00 Å². The zero-order valence-corrected chi connectivity index (χ0v) is 11.3. The van der Waals surface area contributed by atoms with Crippen LogP contribution in [-0.2, 0) is 17.6 Å². The van der Waals surface area contributed by atoms with Crippen LogP contribution in [0.1, 0.15) is 24.5 Å². The first kappa shape index (κ1) is 12.8. The highest BCUT2D eigenvalue weighted by Crippen LogP contribution is 2.23. The average Bonchev–Trinajstić information content (AvgIpc) is 2.85. The molecule has 18 heavy (non-hydrogen) atoms. The van der Waals surface area contributed by atoms with Crippen molar-refractivity contribution in [3.8, 4) is 0 Å². The molecule has 0 saturated heterocycles. The molecule has 94 valence electrons. The number of hydrogen-bond donors (Lipinski definition) is 1. The number of nitrogens with one attached hydrogen (secondary N) is 1. The summed E-state index contributed by atoms with van der Waals surface area (Å²) < 4.78 is 0. The SMILES string of the molecule is CCc1ccsc1NC(=O)CCc1ccccc1. The third kappa shape index (κ3) is 3.44. The van der Waals surface area contributed by atoms with E-state index in [1.165, 1.54) is 11.1 Å². The third-order valence-corrected chi connectivity index (χ3v) is 3.74. The van der Waals surface area contributed by atoms with Crippen molar-refractivity contribution in [1.82, 2.24) is 0 Å². The van der Waals surface area contributed by atoms with Crippen LogP contribution in [0.15, 0.2) is 41.8 Å². The minimum atomic E-state index is 0.0935. The van der Waals surface area contributed by atoms with Gasteiger partial charge in [-0.05, 0) is 35.4 Å². The molecule has 1 heterocycles. The molecule has 0 saturated carbocycles. The Bertz CT molecular complexity index is 504. The number of thiophene rings is 1. The number of hydrogen-bond acceptors (Lipinski definition) is 2. The first-order valence-corrected chi connectivity index (χ1v) is 7.07. The summed E-state index contributed by atoms with van der Waals surface area (Å²) in [6.07, 6.45) is 2.28. The Balaban J connectivity index is 1.86. The summed E-state index contributed by atoms with van der Waals surface area (Å²) in [6.45, 7) is 2.10. The topological polar surface area (TPSA) is 29.1 Å². The number of carbonyl (C=O) groups excluding carboxylic acids is 1. The number of carbonyl (C=O) groups is 1. The fraction of sp³-hybridized carbons (Fsp3) is 0.267. The van der Waals surface area contributed by atoms with Crippen LogP contribution in [0, 0.1) is 0 Å². The summed E-state index contributed by atoms with van der Waals surface area (Å²) in [6, 6.07) is 12.2. The standard InChI is InChI=1S/C15H17NOS/c1-2-13-10-11-18-15(13)16-14(17)9-8-12-6-4-3-5-7-12/h3-7,10-11H,2,8-9H2,1H3,(H,16,17). The van der Waals surface area contributed by atoms with Crippen molar-refractivity contribution in [3.05, 3.63) is 52.9 Å². The second kappa shape index (κ2) is 6.36. The van der Waals surface area contributed by atoms with E-state index in [0.717, 1.165) is 17.8 Å². The maximum absolute atomic E-state index is 11.8. The van der Waals surface area contributed by atoms with Gasteiger partial charge in [0, 0.05) is 6.42 Å². The fourth-order valence-corrected chi connectivity index (χ4v) is 2.72.